The summed E-state index contributed by atoms with van der Waals surface area (Å²) in [6.45, 7) is 0. The first kappa shape index (κ1) is 12.4. The maximum Gasteiger partial charge on any atom is 0.0595 e. The van der Waals surface area contributed by atoms with Crippen molar-refractivity contribution >= 4 is 23.2 Å². The maximum atomic E-state index is 6.12. The first-order chi connectivity index (χ1) is 8.08. The number of aromatic nitrogens is 2. The van der Waals surface area contributed by atoms with Crippen molar-refractivity contribution in [1.82, 2.24) is 9.78 Å². The fraction of sp³-hybridized carbons (Fsp3) is 0.250. The first-order valence-electron chi connectivity index (χ1n) is 5.25. The van der Waals surface area contributed by atoms with Crippen molar-refractivity contribution in [1.29, 1.82) is 0 Å². The third-order valence-electron chi connectivity index (χ3n) is 2.68. The molecule has 3 nitrogen and oxygen atoms in total. The van der Waals surface area contributed by atoms with E-state index in [4.69, 9.17) is 28.9 Å². The van der Waals surface area contributed by atoms with E-state index in [1.807, 2.05) is 25.2 Å². The van der Waals surface area contributed by atoms with Gasteiger partial charge in [0.1, 0.15) is 0 Å². The Morgan fingerprint density at radius 3 is 2.65 bits per heavy atom. The van der Waals surface area contributed by atoms with Gasteiger partial charge in [0.25, 0.3) is 0 Å². The average molecular weight is 270 g/mol. The highest BCUT2D eigenvalue weighted by Gasteiger charge is 2.11. The van der Waals surface area contributed by atoms with Gasteiger partial charge in [0.05, 0.1) is 21.8 Å². The number of nitrogens with zero attached hydrogens (tertiary/aromatic N) is 2. The molecule has 0 saturated carbocycles. The zero-order valence-corrected chi connectivity index (χ0v) is 10.9. The lowest BCUT2D eigenvalue weighted by atomic mass is 10.0. The molecule has 17 heavy (non-hydrogen) atoms. The average Bonchev–Trinajstić information content (AvgIpc) is 2.70. The van der Waals surface area contributed by atoms with Crippen LogP contribution >= 0.6 is 23.2 Å². The molecule has 2 aromatic rings. The van der Waals surface area contributed by atoms with Crippen molar-refractivity contribution < 1.29 is 0 Å². The summed E-state index contributed by atoms with van der Waals surface area (Å²) < 4.78 is 1.78. The van der Waals surface area contributed by atoms with Crippen LogP contribution in [0.25, 0.3) is 0 Å². The summed E-state index contributed by atoms with van der Waals surface area (Å²) >= 11 is 11.8. The van der Waals surface area contributed by atoms with Crippen LogP contribution < -0.4 is 5.73 Å². The molecule has 1 aromatic carbocycles. The van der Waals surface area contributed by atoms with Crippen LogP contribution in [-0.2, 0) is 13.5 Å². The minimum atomic E-state index is -0.0975. The van der Waals surface area contributed by atoms with Gasteiger partial charge in [0.15, 0.2) is 0 Å². The van der Waals surface area contributed by atoms with Crippen molar-refractivity contribution in [2.75, 3.05) is 0 Å². The van der Waals surface area contributed by atoms with E-state index in [0.29, 0.717) is 16.5 Å². The van der Waals surface area contributed by atoms with Crippen molar-refractivity contribution in [3.63, 3.8) is 0 Å². The molecule has 1 unspecified atom stereocenters. The zero-order chi connectivity index (χ0) is 12.4. The van der Waals surface area contributed by atoms with Crippen LogP contribution in [-0.4, -0.2) is 9.78 Å². The van der Waals surface area contributed by atoms with Crippen LogP contribution in [0.4, 0.5) is 0 Å². The van der Waals surface area contributed by atoms with E-state index in [9.17, 15) is 0 Å². The quantitative estimate of drug-likeness (QED) is 0.931. The summed E-state index contributed by atoms with van der Waals surface area (Å²) in [7, 11) is 1.88. The topological polar surface area (TPSA) is 43.8 Å². The Bertz CT molecular complexity index is 522. The Balaban J connectivity index is 2.16. The molecule has 0 radical (unpaired) electrons. The highest BCUT2D eigenvalue weighted by molar-refractivity contribution is 6.42. The van der Waals surface area contributed by atoms with Crippen molar-refractivity contribution in [3.8, 4) is 0 Å². The maximum absolute atomic E-state index is 6.12. The largest absolute Gasteiger partial charge is 0.322 e. The van der Waals surface area contributed by atoms with Crippen LogP contribution in [0.5, 0.6) is 0 Å². The summed E-state index contributed by atoms with van der Waals surface area (Å²) in [5.41, 5.74) is 8.18. The third-order valence-corrected chi connectivity index (χ3v) is 3.42. The molecule has 1 heterocycles. The first-order valence-corrected chi connectivity index (χ1v) is 6.01. The lowest BCUT2D eigenvalue weighted by molar-refractivity contribution is 0.617. The smallest absolute Gasteiger partial charge is 0.0595 e. The second-order valence-electron chi connectivity index (χ2n) is 3.94. The van der Waals surface area contributed by atoms with Gasteiger partial charge in [-0.05, 0) is 30.2 Å². The molecule has 0 amide bonds. The van der Waals surface area contributed by atoms with Gasteiger partial charge in [-0.25, -0.2) is 0 Å². The van der Waals surface area contributed by atoms with Gasteiger partial charge < -0.3 is 5.73 Å². The van der Waals surface area contributed by atoms with E-state index in [2.05, 4.69) is 5.10 Å². The van der Waals surface area contributed by atoms with Gasteiger partial charge in [0, 0.05) is 13.2 Å². The Hall–Kier alpha value is -1.03. The van der Waals surface area contributed by atoms with Gasteiger partial charge in [0.2, 0.25) is 0 Å². The molecule has 0 bridgehead atoms. The lowest BCUT2D eigenvalue weighted by Gasteiger charge is -2.12. The summed E-state index contributed by atoms with van der Waals surface area (Å²) in [6, 6.07) is 7.39. The Kier molecular flexibility index (Phi) is 3.72. The standard InChI is InChI=1S/C12H13Cl2N3/c1-17-12(4-5-16-17)11(15)7-8-2-3-9(13)10(14)6-8/h2-6,11H,7,15H2,1H3. The van der Waals surface area contributed by atoms with E-state index in [0.717, 1.165) is 11.3 Å². The Labute approximate surface area is 110 Å². The molecule has 2 rings (SSSR count). The highest BCUT2D eigenvalue weighted by atomic mass is 35.5. The highest BCUT2D eigenvalue weighted by Crippen LogP contribution is 2.24. The van der Waals surface area contributed by atoms with Gasteiger partial charge >= 0.3 is 0 Å². The molecular formula is C12H13Cl2N3. The number of hydrogen-bond acceptors (Lipinski definition) is 2. The minimum Gasteiger partial charge on any atom is -0.322 e. The van der Waals surface area contributed by atoms with Gasteiger partial charge in [-0.15, -0.1) is 0 Å². The fourth-order valence-electron chi connectivity index (χ4n) is 1.77. The molecule has 0 aliphatic carbocycles. The summed E-state index contributed by atoms with van der Waals surface area (Å²) in [6.07, 6.45) is 2.44. The molecule has 0 saturated heterocycles. The molecule has 0 spiro atoms. The lowest BCUT2D eigenvalue weighted by Crippen LogP contribution is -2.17. The monoisotopic (exact) mass is 269 g/mol. The second-order valence-corrected chi connectivity index (χ2v) is 4.75. The molecule has 0 aliphatic heterocycles. The van der Waals surface area contributed by atoms with Crippen LogP contribution in [0.3, 0.4) is 0 Å². The number of rotatable bonds is 3. The van der Waals surface area contributed by atoms with Gasteiger partial charge in [-0.2, -0.15) is 5.10 Å². The summed E-state index contributed by atoms with van der Waals surface area (Å²) in [4.78, 5) is 0. The Morgan fingerprint density at radius 1 is 1.29 bits per heavy atom. The molecule has 0 fully saturated rings. The molecule has 1 atom stereocenters. The van der Waals surface area contributed by atoms with E-state index >= 15 is 0 Å². The molecular weight excluding hydrogens is 257 g/mol. The number of hydrogen-bond donors (Lipinski definition) is 1. The van der Waals surface area contributed by atoms with E-state index in [-0.39, 0.29) is 6.04 Å². The van der Waals surface area contributed by atoms with E-state index in [1.165, 1.54) is 0 Å². The molecule has 2 N–H and O–H groups in total. The molecule has 5 heteroatoms. The molecule has 0 aliphatic rings. The number of nitrogens with two attached hydrogens (primary N) is 1. The van der Waals surface area contributed by atoms with Crippen LogP contribution in [0.1, 0.15) is 17.3 Å². The van der Waals surface area contributed by atoms with Crippen molar-refractivity contribution in [2.24, 2.45) is 12.8 Å². The third kappa shape index (κ3) is 2.80. The summed E-state index contributed by atoms with van der Waals surface area (Å²) in [5, 5.41) is 5.22. The minimum absolute atomic E-state index is 0.0975. The van der Waals surface area contributed by atoms with Crippen LogP contribution in [0.15, 0.2) is 30.5 Å². The Morgan fingerprint density at radius 2 is 2.06 bits per heavy atom. The predicted molar refractivity (Wildman–Crippen MR) is 70.3 cm³/mol. The van der Waals surface area contributed by atoms with Gasteiger partial charge in [-0.1, -0.05) is 29.3 Å². The number of aryl methyl sites for hydroxylation is 1. The number of halogens is 2. The normalized spacial score (nSPS) is 12.7. The van der Waals surface area contributed by atoms with Crippen LogP contribution in [0.2, 0.25) is 10.0 Å². The van der Waals surface area contributed by atoms with Crippen molar-refractivity contribution in [3.05, 3.63) is 51.8 Å². The fourth-order valence-corrected chi connectivity index (χ4v) is 2.09. The molecule has 1 aromatic heterocycles. The predicted octanol–water partition coefficient (Wildman–Crippen LogP) is 2.97. The van der Waals surface area contributed by atoms with E-state index in [1.54, 1.807) is 16.9 Å². The van der Waals surface area contributed by atoms with Gasteiger partial charge in [-0.3, -0.25) is 4.68 Å². The van der Waals surface area contributed by atoms with Crippen molar-refractivity contribution in [2.45, 2.75) is 12.5 Å². The SMILES string of the molecule is Cn1nccc1C(N)Cc1ccc(Cl)c(Cl)c1. The van der Waals surface area contributed by atoms with Crippen LogP contribution in [0, 0.1) is 0 Å². The zero-order valence-electron chi connectivity index (χ0n) is 9.40. The molecule has 90 valence electrons. The second kappa shape index (κ2) is 5.08. The summed E-state index contributed by atoms with van der Waals surface area (Å²) in [5.74, 6) is 0. The van der Waals surface area contributed by atoms with E-state index < -0.39 is 0 Å². The number of benzene rings is 1.